The molecule has 1 saturated heterocycles. The average Bonchev–Trinajstić information content (AvgIpc) is 2.87. The molecule has 26 heavy (non-hydrogen) atoms. The van der Waals surface area contributed by atoms with Gasteiger partial charge in [0.05, 0.1) is 10.3 Å². The third-order valence-corrected chi connectivity index (χ3v) is 6.58. The Labute approximate surface area is 153 Å². The maximum absolute atomic E-state index is 12.8. The molecule has 0 aliphatic carbocycles. The number of hydrogen-bond donors (Lipinski definition) is 1. The van der Waals surface area contributed by atoms with Gasteiger partial charge >= 0.3 is 0 Å². The van der Waals surface area contributed by atoms with E-state index in [9.17, 15) is 13.2 Å². The summed E-state index contributed by atoms with van der Waals surface area (Å²) in [6.45, 7) is 2.33. The van der Waals surface area contributed by atoms with E-state index < -0.39 is 15.3 Å². The number of carbonyl (C=O) groups excluding carboxylic acids is 1. The molecule has 0 bridgehead atoms. The summed E-state index contributed by atoms with van der Waals surface area (Å²) in [4.78, 5) is 15.4. The van der Waals surface area contributed by atoms with Gasteiger partial charge in [0, 0.05) is 25.0 Å². The van der Waals surface area contributed by atoms with E-state index in [0.717, 1.165) is 36.2 Å². The van der Waals surface area contributed by atoms with Crippen LogP contribution in [0.25, 0.3) is 0 Å². The predicted octanol–water partition coefficient (Wildman–Crippen LogP) is 2.58. The number of likely N-dealkylation sites (tertiary alicyclic amines) is 1. The molecule has 4 rings (SSSR count). The van der Waals surface area contributed by atoms with Gasteiger partial charge in [-0.2, -0.15) is 0 Å². The zero-order chi connectivity index (χ0) is 18.4. The zero-order valence-corrected chi connectivity index (χ0v) is 15.6. The number of para-hydroxylation sites is 1. The number of piperidine rings is 1. The number of amides is 1. The number of hydrogen-bond acceptors (Lipinski definition) is 4. The number of nitrogens with zero attached hydrogens (tertiary/aromatic N) is 1. The minimum absolute atomic E-state index is 0.0934. The Morgan fingerprint density at radius 2 is 1.85 bits per heavy atom. The fraction of sp³-hybridized carbons (Fsp3) is 0.350. The predicted molar refractivity (Wildman–Crippen MR) is 101 cm³/mol. The summed E-state index contributed by atoms with van der Waals surface area (Å²) in [6.07, 6.45) is 3.04. The van der Waals surface area contributed by atoms with Crippen molar-refractivity contribution in [2.75, 3.05) is 24.7 Å². The molecule has 1 N–H and O–H groups in total. The molecule has 1 atom stereocenters. The first-order chi connectivity index (χ1) is 12.4. The fourth-order valence-corrected chi connectivity index (χ4v) is 4.79. The smallest absolute Gasteiger partial charge is 0.236 e. The van der Waals surface area contributed by atoms with Gasteiger partial charge in [0.1, 0.15) is 0 Å². The summed E-state index contributed by atoms with van der Waals surface area (Å²) in [6, 6.07) is 15.0. The molecular weight excluding hydrogens is 348 g/mol. The number of nitrogens with one attached hydrogen (secondary N) is 1. The first kappa shape index (κ1) is 17.2. The van der Waals surface area contributed by atoms with E-state index in [4.69, 9.17) is 0 Å². The number of anilines is 1. The minimum Gasteiger partial charge on any atom is -0.325 e. The number of fused-ring (bicyclic) bond motifs is 2. The highest BCUT2D eigenvalue weighted by Gasteiger charge is 2.48. The van der Waals surface area contributed by atoms with Crippen molar-refractivity contribution in [1.82, 2.24) is 4.90 Å². The largest absolute Gasteiger partial charge is 0.325 e. The van der Waals surface area contributed by atoms with Crippen LogP contribution in [0.1, 0.15) is 24.0 Å². The molecule has 1 fully saturated rings. The van der Waals surface area contributed by atoms with E-state index in [2.05, 4.69) is 16.3 Å². The summed E-state index contributed by atoms with van der Waals surface area (Å²) >= 11 is 0. The van der Waals surface area contributed by atoms with Crippen LogP contribution in [0.4, 0.5) is 5.69 Å². The van der Waals surface area contributed by atoms with E-state index in [1.54, 1.807) is 12.1 Å². The Morgan fingerprint density at radius 1 is 1.12 bits per heavy atom. The molecule has 2 aromatic carbocycles. The number of rotatable bonds is 3. The van der Waals surface area contributed by atoms with Crippen molar-refractivity contribution in [2.24, 2.45) is 0 Å². The first-order valence-electron chi connectivity index (χ1n) is 8.81. The van der Waals surface area contributed by atoms with Crippen LogP contribution >= 0.6 is 0 Å². The summed E-state index contributed by atoms with van der Waals surface area (Å²) in [5, 5.41) is 3.03. The van der Waals surface area contributed by atoms with Gasteiger partial charge in [0.15, 0.2) is 9.84 Å². The van der Waals surface area contributed by atoms with Crippen LogP contribution in [0.3, 0.4) is 0 Å². The summed E-state index contributed by atoms with van der Waals surface area (Å²) in [7, 11) is -3.18. The standard InChI is InChI=1S/C20H22N2O3S/c1-26(24,25)16-9-7-15(8-10-16)13-22-12-4-11-20(14-22)17-5-2-3-6-18(17)21-19(20)23/h2-3,5-10H,4,11-14H2,1H3,(H,21,23). The van der Waals surface area contributed by atoms with Crippen molar-refractivity contribution in [1.29, 1.82) is 0 Å². The molecule has 2 heterocycles. The van der Waals surface area contributed by atoms with Gasteiger partial charge in [-0.1, -0.05) is 30.3 Å². The zero-order valence-electron chi connectivity index (χ0n) is 14.7. The lowest BCUT2D eigenvalue weighted by Crippen LogP contribution is -2.49. The van der Waals surface area contributed by atoms with Crippen molar-refractivity contribution < 1.29 is 13.2 Å². The van der Waals surface area contributed by atoms with Gasteiger partial charge in [-0.15, -0.1) is 0 Å². The van der Waals surface area contributed by atoms with Crippen LogP contribution in [0.15, 0.2) is 53.4 Å². The Morgan fingerprint density at radius 3 is 2.58 bits per heavy atom. The molecule has 0 aromatic heterocycles. The first-order valence-corrected chi connectivity index (χ1v) is 10.7. The molecule has 1 unspecified atom stereocenters. The molecule has 5 nitrogen and oxygen atoms in total. The topological polar surface area (TPSA) is 66.5 Å². The van der Waals surface area contributed by atoms with Gasteiger partial charge in [-0.05, 0) is 48.7 Å². The maximum atomic E-state index is 12.8. The van der Waals surface area contributed by atoms with Crippen LogP contribution in [0.2, 0.25) is 0 Å². The van der Waals surface area contributed by atoms with E-state index >= 15 is 0 Å². The number of sulfone groups is 1. The van der Waals surface area contributed by atoms with Crippen LogP contribution in [0.5, 0.6) is 0 Å². The highest BCUT2D eigenvalue weighted by Crippen LogP contribution is 2.43. The molecule has 2 aliphatic rings. The summed E-state index contributed by atoms with van der Waals surface area (Å²) in [5.41, 5.74) is 2.61. The molecule has 0 radical (unpaired) electrons. The minimum atomic E-state index is -3.18. The van der Waals surface area contributed by atoms with E-state index in [1.807, 2.05) is 30.3 Å². The van der Waals surface area contributed by atoms with Gasteiger partial charge in [-0.3, -0.25) is 9.69 Å². The number of carbonyl (C=O) groups is 1. The van der Waals surface area contributed by atoms with Crippen molar-refractivity contribution in [2.45, 2.75) is 29.7 Å². The molecule has 6 heteroatoms. The van der Waals surface area contributed by atoms with Gasteiger partial charge in [0.2, 0.25) is 5.91 Å². The van der Waals surface area contributed by atoms with Crippen molar-refractivity contribution in [3.05, 3.63) is 59.7 Å². The monoisotopic (exact) mass is 370 g/mol. The fourth-order valence-electron chi connectivity index (χ4n) is 4.16. The van der Waals surface area contributed by atoms with E-state index in [0.29, 0.717) is 18.0 Å². The molecular formula is C20H22N2O3S. The Hall–Kier alpha value is -2.18. The van der Waals surface area contributed by atoms with Gasteiger partial charge in [-0.25, -0.2) is 8.42 Å². The van der Waals surface area contributed by atoms with Crippen molar-refractivity contribution in [3.8, 4) is 0 Å². The second kappa shape index (κ2) is 6.21. The Kier molecular flexibility index (Phi) is 4.12. The highest BCUT2D eigenvalue weighted by molar-refractivity contribution is 7.90. The van der Waals surface area contributed by atoms with Gasteiger partial charge in [0.25, 0.3) is 0 Å². The third-order valence-electron chi connectivity index (χ3n) is 5.45. The molecule has 1 spiro atoms. The lowest BCUT2D eigenvalue weighted by Gasteiger charge is -2.39. The Balaban J connectivity index is 1.56. The van der Waals surface area contributed by atoms with Crippen LogP contribution < -0.4 is 5.32 Å². The van der Waals surface area contributed by atoms with Crippen molar-refractivity contribution in [3.63, 3.8) is 0 Å². The Bertz CT molecular complexity index is 953. The summed E-state index contributed by atoms with van der Waals surface area (Å²) < 4.78 is 23.2. The SMILES string of the molecule is CS(=O)(=O)c1ccc(CN2CCCC3(C2)C(=O)Nc2ccccc23)cc1. The maximum Gasteiger partial charge on any atom is 0.236 e. The quantitative estimate of drug-likeness (QED) is 0.902. The molecule has 136 valence electrons. The molecule has 0 saturated carbocycles. The van der Waals surface area contributed by atoms with E-state index in [1.165, 1.54) is 6.26 Å². The second-order valence-corrected chi connectivity index (χ2v) is 9.33. The summed E-state index contributed by atoms with van der Waals surface area (Å²) in [5.74, 6) is 0.0934. The molecule has 2 aromatic rings. The molecule has 2 aliphatic heterocycles. The third kappa shape index (κ3) is 2.93. The normalized spacial score (nSPS) is 23.0. The lowest BCUT2D eigenvalue weighted by atomic mass is 9.75. The highest BCUT2D eigenvalue weighted by atomic mass is 32.2. The average molecular weight is 370 g/mol. The van der Waals surface area contributed by atoms with Crippen molar-refractivity contribution >= 4 is 21.4 Å². The van der Waals surface area contributed by atoms with Crippen LogP contribution in [-0.2, 0) is 26.6 Å². The number of benzene rings is 2. The van der Waals surface area contributed by atoms with E-state index in [-0.39, 0.29) is 5.91 Å². The molecule has 1 amide bonds. The second-order valence-electron chi connectivity index (χ2n) is 7.31. The van der Waals surface area contributed by atoms with Gasteiger partial charge < -0.3 is 5.32 Å². The lowest BCUT2D eigenvalue weighted by molar-refractivity contribution is -0.122. The van der Waals surface area contributed by atoms with Crippen LogP contribution in [0, 0.1) is 0 Å². The van der Waals surface area contributed by atoms with Crippen LogP contribution in [-0.4, -0.2) is 38.6 Å².